The van der Waals surface area contributed by atoms with Gasteiger partial charge in [-0.3, -0.25) is 9.78 Å². The molecule has 0 bridgehead atoms. The quantitative estimate of drug-likeness (QED) is 0.346. The van der Waals surface area contributed by atoms with Crippen LogP contribution in [0.2, 0.25) is 0 Å². The van der Waals surface area contributed by atoms with Gasteiger partial charge in [-0.15, -0.1) is 0 Å². The van der Waals surface area contributed by atoms with Crippen LogP contribution in [0.5, 0.6) is 0 Å². The first kappa shape index (κ1) is 11.0. The van der Waals surface area contributed by atoms with E-state index in [0.717, 1.165) is 5.56 Å². The van der Waals surface area contributed by atoms with Gasteiger partial charge in [0, 0.05) is 18.5 Å². The van der Waals surface area contributed by atoms with Crippen molar-refractivity contribution in [3.05, 3.63) is 71.5 Å². The maximum Gasteiger partial charge on any atom is 0.191 e. The number of carbonyl (C=O) groups is 1. The lowest BCUT2D eigenvalue weighted by Crippen LogP contribution is -2.25. The first-order valence-corrected chi connectivity index (χ1v) is 5.07. The predicted octanol–water partition coefficient (Wildman–Crippen LogP) is 1.61. The summed E-state index contributed by atoms with van der Waals surface area (Å²) in [7, 11) is 0. The second kappa shape index (κ2) is 5.03. The van der Waals surface area contributed by atoms with Gasteiger partial charge in [0.1, 0.15) is 0 Å². The molecule has 0 amide bonds. The van der Waals surface area contributed by atoms with Gasteiger partial charge in [-0.1, -0.05) is 6.08 Å². The Kier molecular flexibility index (Phi) is 3.25. The molecule has 2 rings (SSSR count). The molecule has 17 heavy (non-hydrogen) atoms. The Hall–Kier alpha value is -2.49. The van der Waals surface area contributed by atoms with Crippen molar-refractivity contribution >= 4 is 11.9 Å². The molecule has 0 fully saturated rings. The third-order valence-corrected chi connectivity index (χ3v) is 2.19. The van der Waals surface area contributed by atoms with Crippen molar-refractivity contribution in [3.63, 3.8) is 0 Å². The number of aromatic nitrogens is 2. The number of hydrogen-bond acceptors (Lipinski definition) is 3. The second-order valence-corrected chi connectivity index (χ2v) is 3.43. The second-order valence-electron chi connectivity index (χ2n) is 3.43. The Morgan fingerprint density at radius 3 is 2.76 bits per heavy atom. The maximum atomic E-state index is 11.7. The monoisotopic (exact) mass is 226 g/mol. The van der Waals surface area contributed by atoms with Crippen LogP contribution in [0.4, 0.5) is 0 Å². The van der Waals surface area contributed by atoms with Crippen LogP contribution in [0.25, 0.3) is 6.08 Å². The number of pyridine rings is 2. The van der Waals surface area contributed by atoms with Gasteiger partial charge in [0.2, 0.25) is 0 Å². The van der Waals surface area contributed by atoms with Crippen LogP contribution in [0.1, 0.15) is 15.9 Å². The Labute approximate surface area is 98.5 Å². The van der Waals surface area contributed by atoms with Crippen LogP contribution in [-0.4, -0.2) is 10.8 Å². The molecule has 0 N–H and O–H groups in total. The van der Waals surface area contributed by atoms with Crippen molar-refractivity contribution in [3.8, 4) is 0 Å². The third kappa shape index (κ3) is 2.98. The SMILES string of the molecule is O=C(C=Cc1ccncc1)c1ccc[n+]([O-])c1. The van der Waals surface area contributed by atoms with E-state index in [0.29, 0.717) is 10.3 Å². The maximum absolute atomic E-state index is 11.7. The molecular formula is C13H10N2O2. The Morgan fingerprint density at radius 1 is 1.29 bits per heavy atom. The predicted molar refractivity (Wildman–Crippen MR) is 63.0 cm³/mol. The van der Waals surface area contributed by atoms with Crippen molar-refractivity contribution < 1.29 is 9.52 Å². The summed E-state index contributed by atoms with van der Waals surface area (Å²) >= 11 is 0. The lowest BCUT2D eigenvalue weighted by molar-refractivity contribution is -0.605. The smallest absolute Gasteiger partial charge is 0.191 e. The fourth-order valence-corrected chi connectivity index (χ4v) is 1.34. The van der Waals surface area contributed by atoms with Gasteiger partial charge in [-0.2, -0.15) is 4.73 Å². The molecule has 2 aromatic heterocycles. The summed E-state index contributed by atoms with van der Waals surface area (Å²) in [6, 6.07) is 6.74. The van der Waals surface area contributed by atoms with Crippen LogP contribution in [0.3, 0.4) is 0 Å². The fraction of sp³-hybridized carbons (Fsp3) is 0. The van der Waals surface area contributed by atoms with E-state index >= 15 is 0 Å². The number of ketones is 1. The van der Waals surface area contributed by atoms with Crippen molar-refractivity contribution in [2.75, 3.05) is 0 Å². The number of rotatable bonds is 3. The van der Waals surface area contributed by atoms with Gasteiger partial charge >= 0.3 is 0 Å². The molecule has 0 spiro atoms. The van der Waals surface area contributed by atoms with E-state index in [9.17, 15) is 10.0 Å². The fourth-order valence-electron chi connectivity index (χ4n) is 1.34. The molecular weight excluding hydrogens is 216 g/mol. The third-order valence-electron chi connectivity index (χ3n) is 2.19. The zero-order valence-corrected chi connectivity index (χ0v) is 8.98. The lowest BCUT2D eigenvalue weighted by atomic mass is 10.1. The number of hydrogen-bond donors (Lipinski definition) is 0. The molecule has 0 radical (unpaired) electrons. The average Bonchev–Trinajstić information content (AvgIpc) is 2.37. The number of carbonyl (C=O) groups excluding carboxylic acids is 1. The number of allylic oxidation sites excluding steroid dienone is 1. The molecule has 2 heterocycles. The molecule has 0 atom stereocenters. The van der Waals surface area contributed by atoms with Crippen LogP contribution < -0.4 is 4.73 Å². The summed E-state index contributed by atoms with van der Waals surface area (Å²) in [6.45, 7) is 0. The molecule has 0 aromatic carbocycles. The van der Waals surface area contributed by atoms with Gasteiger partial charge in [-0.05, 0) is 29.8 Å². The topological polar surface area (TPSA) is 56.9 Å². The molecule has 4 nitrogen and oxygen atoms in total. The molecule has 4 heteroatoms. The summed E-state index contributed by atoms with van der Waals surface area (Å²) in [5.41, 5.74) is 1.26. The van der Waals surface area contributed by atoms with Crippen LogP contribution in [0, 0.1) is 5.21 Å². The van der Waals surface area contributed by atoms with Crippen molar-refractivity contribution in [2.24, 2.45) is 0 Å². The first-order chi connectivity index (χ1) is 8.25. The van der Waals surface area contributed by atoms with E-state index in [1.165, 1.54) is 18.5 Å². The largest absolute Gasteiger partial charge is 0.619 e. The summed E-state index contributed by atoms with van der Waals surface area (Å²) in [4.78, 5) is 15.6. The van der Waals surface area contributed by atoms with Crippen molar-refractivity contribution in [2.45, 2.75) is 0 Å². The normalized spacial score (nSPS) is 10.6. The molecule has 0 aliphatic carbocycles. The summed E-state index contributed by atoms with van der Waals surface area (Å²) < 4.78 is 0.605. The number of nitrogens with zero attached hydrogens (tertiary/aromatic N) is 2. The van der Waals surface area contributed by atoms with Crippen molar-refractivity contribution in [1.29, 1.82) is 0 Å². The van der Waals surface area contributed by atoms with E-state index in [2.05, 4.69) is 4.98 Å². The van der Waals surface area contributed by atoms with Crippen LogP contribution in [0.15, 0.2) is 55.1 Å². The van der Waals surface area contributed by atoms with E-state index in [1.54, 1.807) is 42.7 Å². The average molecular weight is 226 g/mol. The molecule has 0 aliphatic rings. The van der Waals surface area contributed by atoms with Gasteiger partial charge in [0.25, 0.3) is 0 Å². The summed E-state index contributed by atoms with van der Waals surface area (Å²) in [6.07, 6.45) is 9.01. The van der Waals surface area contributed by atoms with Crippen molar-refractivity contribution in [1.82, 2.24) is 4.98 Å². The first-order valence-electron chi connectivity index (χ1n) is 5.07. The minimum atomic E-state index is -0.202. The molecule has 84 valence electrons. The van der Waals surface area contributed by atoms with Crippen LogP contribution in [-0.2, 0) is 0 Å². The molecule has 0 saturated carbocycles. The molecule has 0 saturated heterocycles. The Morgan fingerprint density at radius 2 is 2.06 bits per heavy atom. The highest BCUT2D eigenvalue weighted by molar-refractivity contribution is 6.06. The molecule has 0 aliphatic heterocycles. The summed E-state index contributed by atoms with van der Waals surface area (Å²) in [5.74, 6) is -0.202. The minimum Gasteiger partial charge on any atom is -0.619 e. The van der Waals surface area contributed by atoms with E-state index in [1.807, 2.05) is 0 Å². The standard InChI is InChI=1S/C13H10N2O2/c16-13(12-2-1-9-15(17)10-12)4-3-11-5-7-14-8-6-11/h1-10H. The zero-order valence-electron chi connectivity index (χ0n) is 8.98. The minimum absolute atomic E-state index is 0.202. The summed E-state index contributed by atoms with van der Waals surface area (Å²) in [5, 5.41) is 11.0. The highest BCUT2D eigenvalue weighted by atomic mass is 16.5. The molecule has 2 aromatic rings. The van der Waals surface area contributed by atoms with Gasteiger partial charge in [0.15, 0.2) is 18.2 Å². The highest BCUT2D eigenvalue weighted by Crippen LogP contribution is 2.03. The Bertz CT molecular complexity index is 550. The highest BCUT2D eigenvalue weighted by Gasteiger charge is 2.04. The van der Waals surface area contributed by atoms with Crippen LogP contribution >= 0.6 is 0 Å². The van der Waals surface area contributed by atoms with Gasteiger partial charge in [-0.25, -0.2) is 0 Å². The van der Waals surface area contributed by atoms with Gasteiger partial charge in [0.05, 0.1) is 5.56 Å². The van der Waals surface area contributed by atoms with Gasteiger partial charge < -0.3 is 5.21 Å². The molecule has 0 unspecified atom stereocenters. The van der Waals surface area contributed by atoms with E-state index < -0.39 is 0 Å². The van der Waals surface area contributed by atoms with E-state index in [-0.39, 0.29) is 5.78 Å². The Balaban J connectivity index is 2.15. The van der Waals surface area contributed by atoms with E-state index in [4.69, 9.17) is 0 Å². The zero-order chi connectivity index (χ0) is 12.1. The lowest BCUT2D eigenvalue weighted by Gasteiger charge is -1.97.